The van der Waals surface area contributed by atoms with Crippen LogP contribution < -0.4 is 5.32 Å². The van der Waals surface area contributed by atoms with Crippen molar-refractivity contribution in [2.24, 2.45) is 0 Å². The average molecular weight is 363 g/mol. The molecule has 0 saturated heterocycles. The zero-order valence-corrected chi connectivity index (χ0v) is 16.7. The Labute approximate surface area is 159 Å². The Morgan fingerprint density at radius 2 is 1.70 bits per heavy atom. The summed E-state index contributed by atoms with van der Waals surface area (Å²) in [6, 6.07) is 7.83. The zero-order chi connectivity index (χ0) is 19.7. The van der Waals surface area contributed by atoms with E-state index in [2.05, 4.69) is 20.4 Å². The van der Waals surface area contributed by atoms with Gasteiger partial charge in [-0.3, -0.25) is 4.79 Å². The monoisotopic (exact) mass is 363 g/mol. The molecule has 140 valence electrons. The van der Waals surface area contributed by atoms with Crippen LogP contribution in [-0.4, -0.2) is 25.7 Å². The van der Waals surface area contributed by atoms with Crippen molar-refractivity contribution in [2.45, 2.75) is 48.0 Å². The van der Waals surface area contributed by atoms with Crippen molar-refractivity contribution in [1.29, 1.82) is 0 Å². The van der Waals surface area contributed by atoms with Gasteiger partial charge in [0.25, 0.3) is 5.95 Å². The Bertz CT molecular complexity index is 999. The van der Waals surface area contributed by atoms with E-state index in [0.29, 0.717) is 5.95 Å². The van der Waals surface area contributed by atoms with Gasteiger partial charge in [-0.05, 0) is 64.8 Å². The summed E-state index contributed by atoms with van der Waals surface area (Å²) in [6.45, 7) is 11.8. The summed E-state index contributed by atoms with van der Waals surface area (Å²) in [7, 11) is 0. The molecule has 27 heavy (non-hydrogen) atoms. The number of aryl methyl sites for hydroxylation is 4. The van der Waals surface area contributed by atoms with Crippen molar-refractivity contribution in [1.82, 2.24) is 19.7 Å². The molecule has 0 fully saturated rings. The molecule has 0 aliphatic heterocycles. The highest BCUT2D eigenvalue weighted by Gasteiger charge is 2.18. The first-order valence-corrected chi connectivity index (χ1v) is 9.00. The highest BCUT2D eigenvalue weighted by Crippen LogP contribution is 2.20. The molecule has 1 aromatic carbocycles. The number of benzene rings is 1. The van der Waals surface area contributed by atoms with E-state index < -0.39 is 0 Å². The molecule has 0 bridgehead atoms. The van der Waals surface area contributed by atoms with Gasteiger partial charge in [0.1, 0.15) is 0 Å². The number of hydrogen-bond acceptors (Lipinski definition) is 4. The van der Waals surface area contributed by atoms with E-state index in [-0.39, 0.29) is 12.3 Å². The first kappa shape index (κ1) is 18.8. The lowest BCUT2D eigenvalue weighted by atomic mass is 10.1. The Morgan fingerprint density at radius 1 is 1.04 bits per heavy atom. The summed E-state index contributed by atoms with van der Waals surface area (Å²) in [5.74, 6) is 0.477. The molecule has 0 unspecified atom stereocenters. The van der Waals surface area contributed by atoms with E-state index in [0.717, 1.165) is 45.2 Å². The molecule has 6 nitrogen and oxygen atoms in total. The minimum absolute atomic E-state index is 0.0595. The summed E-state index contributed by atoms with van der Waals surface area (Å²) < 4.78 is 1.72. The van der Waals surface area contributed by atoms with E-state index in [1.165, 1.54) is 0 Å². The third-order valence-electron chi connectivity index (χ3n) is 4.82. The Hall–Kier alpha value is -3.02. The Kier molecular flexibility index (Phi) is 5.08. The van der Waals surface area contributed by atoms with Gasteiger partial charge in [0.15, 0.2) is 0 Å². The van der Waals surface area contributed by atoms with Crippen LogP contribution in [0.1, 0.15) is 39.5 Å². The van der Waals surface area contributed by atoms with Gasteiger partial charge < -0.3 is 5.32 Å². The number of hydrogen-bond donors (Lipinski definition) is 1. The van der Waals surface area contributed by atoms with Crippen molar-refractivity contribution < 1.29 is 4.79 Å². The van der Waals surface area contributed by atoms with Crippen molar-refractivity contribution in [3.63, 3.8) is 0 Å². The normalized spacial score (nSPS) is 10.9. The maximum atomic E-state index is 12.6. The van der Waals surface area contributed by atoms with Crippen LogP contribution in [0.4, 0.5) is 5.69 Å². The number of carbonyl (C=O) groups excluding carboxylic acids is 1. The van der Waals surface area contributed by atoms with Crippen LogP contribution in [0.2, 0.25) is 0 Å². The first-order valence-electron chi connectivity index (χ1n) is 9.00. The summed E-state index contributed by atoms with van der Waals surface area (Å²) in [5.41, 5.74) is 7.46. The largest absolute Gasteiger partial charge is 0.326 e. The van der Waals surface area contributed by atoms with Gasteiger partial charge in [-0.25, -0.2) is 14.6 Å². The third kappa shape index (κ3) is 3.89. The minimum Gasteiger partial charge on any atom is -0.326 e. The summed E-state index contributed by atoms with van der Waals surface area (Å²) in [5, 5.41) is 7.58. The van der Waals surface area contributed by atoms with Crippen molar-refractivity contribution >= 4 is 11.6 Å². The fraction of sp³-hybridized carbons (Fsp3) is 0.333. The second kappa shape index (κ2) is 7.31. The molecule has 0 aliphatic rings. The van der Waals surface area contributed by atoms with Crippen LogP contribution in [0.15, 0.2) is 24.3 Å². The highest BCUT2D eigenvalue weighted by atomic mass is 16.1. The second-order valence-corrected chi connectivity index (χ2v) is 6.98. The number of nitrogens with one attached hydrogen (secondary N) is 1. The Balaban J connectivity index is 1.86. The van der Waals surface area contributed by atoms with Gasteiger partial charge >= 0.3 is 0 Å². The van der Waals surface area contributed by atoms with Gasteiger partial charge in [-0.15, -0.1) is 0 Å². The molecule has 2 aromatic heterocycles. The lowest BCUT2D eigenvalue weighted by Gasteiger charge is -2.10. The first-order chi connectivity index (χ1) is 12.8. The van der Waals surface area contributed by atoms with Crippen molar-refractivity contribution in [3.8, 4) is 5.95 Å². The van der Waals surface area contributed by atoms with E-state index in [1.807, 2.05) is 65.8 Å². The van der Waals surface area contributed by atoms with Crippen LogP contribution in [0.5, 0.6) is 0 Å². The summed E-state index contributed by atoms with van der Waals surface area (Å²) >= 11 is 0. The zero-order valence-electron chi connectivity index (χ0n) is 16.7. The maximum absolute atomic E-state index is 12.6. The van der Waals surface area contributed by atoms with Crippen molar-refractivity contribution in [3.05, 3.63) is 63.7 Å². The van der Waals surface area contributed by atoms with E-state index in [4.69, 9.17) is 0 Å². The summed E-state index contributed by atoms with van der Waals surface area (Å²) in [6.07, 6.45) is 0.260. The number of aromatic nitrogens is 4. The van der Waals surface area contributed by atoms with E-state index >= 15 is 0 Å². The summed E-state index contributed by atoms with van der Waals surface area (Å²) in [4.78, 5) is 21.6. The van der Waals surface area contributed by atoms with Crippen LogP contribution in [0.3, 0.4) is 0 Å². The van der Waals surface area contributed by atoms with Gasteiger partial charge in [-0.2, -0.15) is 5.10 Å². The second-order valence-electron chi connectivity index (χ2n) is 6.98. The quantitative estimate of drug-likeness (QED) is 0.767. The lowest BCUT2D eigenvalue weighted by Crippen LogP contribution is -2.16. The number of anilines is 1. The number of nitrogens with zero attached hydrogens (tertiary/aromatic N) is 4. The fourth-order valence-electron chi connectivity index (χ4n) is 3.17. The van der Waals surface area contributed by atoms with Crippen LogP contribution >= 0.6 is 0 Å². The molecule has 0 saturated carbocycles. The molecule has 1 amide bonds. The number of amides is 1. The predicted octanol–water partition coefficient (Wildman–Crippen LogP) is 3.69. The smallest absolute Gasteiger partial charge is 0.251 e. The average Bonchev–Trinajstić information content (AvgIpc) is 2.86. The van der Waals surface area contributed by atoms with Gasteiger partial charge in [0, 0.05) is 28.3 Å². The molecule has 3 aromatic rings. The molecular weight excluding hydrogens is 338 g/mol. The lowest BCUT2D eigenvalue weighted by molar-refractivity contribution is -0.115. The Morgan fingerprint density at radius 3 is 2.37 bits per heavy atom. The number of rotatable bonds is 4. The molecule has 6 heteroatoms. The maximum Gasteiger partial charge on any atom is 0.251 e. The van der Waals surface area contributed by atoms with Gasteiger partial charge in [0.05, 0.1) is 12.1 Å². The standard InChI is InChI=1S/C21H25N5O/c1-12-8-7-9-19(15(12)4)24-20(27)11-18-16(5)25-26(17(18)6)21-22-13(2)10-14(3)23-21/h7-10H,11H2,1-6H3,(H,24,27). The topological polar surface area (TPSA) is 72.7 Å². The van der Waals surface area contributed by atoms with Gasteiger partial charge in [-0.1, -0.05) is 12.1 Å². The van der Waals surface area contributed by atoms with Crippen LogP contribution in [-0.2, 0) is 11.2 Å². The molecular formula is C21H25N5O. The molecule has 0 spiro atoms. The molecule has 2 heterocycles. The van der Waals surface area contributed by atoms with Crippen LogP contribution in [0.25, 0.3) is 5.95 Å². The fourth-order valence-corrected chi connectivity index (χ4v) is 3.17. The minimum atomic E-state index is -0.0595. The number of carbonyl (C=O) groups is 1. The van der Waals surface area contributed by atoms with E-state index in [1.54, 1.807) is 4.68 Å². The molecule has 0 radical (unpaired) electrons. The van der Waals surface area contributed by atoms with Crippen molar-refractivity contribution in [2.75, 3.05) is 5.32 Å². The SMILES string of the molecule is Cc1cc(C)nc(-n2nc(C)c(CC(=O)Nc3cccc(C)c3C)c2C)n1. The molecule has 0 aliphatic carbocycles. The van der Waals surface area contributed by atoms with E-state index in [9.17, 15) is 4.79 Å². The molecule has 0 atom stereocenters. The van der Waals surface area contributed by atoms with Crippen LogP contribution in [0, 0.1) is 41.5 Å². The predicted molar refractivity (Wildman–Crippen MR) is 106 cm³/mol. The van der Waals surface area contributed by atoms with Gasteiger partial charge in [0.2, 0.25) is 5.91 Å². The molecule has 1 N–H and O–H groups in total. The molecule has 3 rings (SSSR count). The highest BCUT2D eigenvalue weighted by molar-refractivity contribution is 5.93. The third-order valence-corrected chi connectivity index (χ3v) is 4.82.